The predicted octanol–water partition coefficient (Wildman–Crippen LogP) is 4.20. The van der Waals surface area contributed by atoms with E-state index in [9.17, 15) is 18.8 Å². The van der Waals surface area contributed by atoms with Crippen molar-refractivity contribution in [2.75, 3.05) is 29.1 Å². The van der Waals surface area contributed by atoms with Crippen molar-refractivity contribution in [1.82, 2.24) is 9.88 Å². The molecule has 0 aliphatic carbocycles. The Morgan fingerprint density at radius 2 is 2.00 bits per heavy atom. The summed E-state index contributed by atoms with van der Waals surface area (Å²) in [5, 5.41) is 7.12. The second-order valence-corrected chi connectivity index (χ2v) is 10.4. The van der Waals surface area contributed by atoms with Gasteiger partial charge in [-0.15, -0.1) is 11.8 Å². The molecule has 1 fully saturated rings. The molecule has 2 N–H and O–H groups in total. The van der Waals surface area contributed by atoms with E-state index in [-0.39, 0.29) is 35.5 Å². The molecule has 3 aromatic rings. The summed E-state index contributed by atoms with van der Waals surface area (Å²) < 4.78 is 22.0. The highest BCUT2D eigenvalue weighted by atomic mass is 32.2. The van der Waals surface area contributed by atoms with Gasteiger partial charge >= 0.3 is 6.09 Å². The molecule has 8 nitrogen and oxygen atoms in total. The van der Waals surface area contributed by atoms with Gasteiger partial charge in [0.05, 0.1) is 35.6 Å². The van der Waals surface area contributed by atoms with Crippen LogP contribution in [0.2, 0.25) is 0 Å². The number of carbonyl (C=O) groups is 2. The van der Waals surface area contributed by atoms with Crippen LogP contribution < -0.4 is 21.1 Å². The van der Waals surface area contributed by atoms with Crippen LogP contribution >= 0.6 is 11.8 Å². The second kappa shape index (κ2) is 8.94. The van der Waals surface area contributed by atoms with Crippen molar-refractivity contribution in [1.29, 1.82) is 0 Å². The number of fused-ring (bicyclic) bond motifs is 1. The maximum atomic E-state index is 14.8. The molecule has 0 spiro atoms. The van der Waals surface area contributed by atoms with Gasteiger partial charge in [-0.25, -0.2) is 9.18 Å². The number of thioether (sulfide) groups is 1. The fourth-order valence-corrected chi connectivity index (χ4v) is 6.22. The van der Waals surface area contributed by atoms with E-state index in [1.54, 1.807) is 27.7 Å². The monoisotopic (exact) mass is 508 g/mol. The summed E-state index contributed by atoms with van der Waals surface area (Å²) in [4.78, 5) is 39.3. The van der Waals surface area contributed by atoms with Crippen molar-refractivity contribution < 1.29 is 18.7 Å². The molecule has 3 atom stereocenters. The molecule has 2 aromatic carbocycles. The van der Waals surface area contributed by atoms with Crippen molar-refractivity contribution in [3.8, 4) is 0 Å². The number of pyridine rings is 1. The number of rotatable bonds is 6. The number of aromatic nitrogens is 1. The molecule has 0 unspecified atom stereocenters. The third kappa shape index (κ3) is 3.84. The Morgan fingerprint density at radius 3 is 2.86 bits per heavy atom. The number of nitrogens with one attached hydrogen (secondary N) is 2. The minimum Gasteiger partial charge on any atom is -0.444 e. The van der Waals surface area contributed by atoms with Crippen LogP contribution in [-0.4, -0.2) is 41.5 Å². The zero-order valence-electron chi connectivity index (χ0n) is 19.6. The van der Waals surface area contributed by atoms with Crippen LogP contribution in [0.4, 0.5) is 20.6 Å². The highest BCUT2D eigenvalue weighted by Crippen LogP contribution is 2.40. The Labute approximate surface area is 210 Å². The maximum absolute atomic E-state index is 14.8. The summed E-state index contributed by atoms with van der Waals surface area (Å²) in [6.45, 7) is 2.94. The molecule has 0 saturated carbocycles. The highest BCUT2D eigenvalue weighted by Gasteiger charge is 2.35. The van der Waals surface area contributed by atoms with Crippen LogP contribution in [0.1, 0.15) is 37.4 Å². The Balaban J connectivity index is 1.08. The topological polar surface area (TPSA) is 92.7 Å². The zero-order valence-corrected chi connectivity index (χ0v) is 20.4. The molecular weight excluding hydrogens is 483 g/mol. The molecule has 3 aliphatic rings. The molecule has 4 heterocycles. The van der Waals surface area contributed by atoms with E-state index in [4.69, 9.17) is 4.74 Å². The van der Waals surface area contributed by atoms with Gasteiger partial charge in [-0.2, -0.15) is 0 Å². The van der Waals surface area contributed by atoms with Crippen LogP contribution in [0.15, 0.2) is 52.2 Å². The van der Waals surface area contributed by atoms with E-state index in [1.165, 1.54) is 23.9 Å². The molecule has 0 bridgehead atoms. The Hall–Kier alpha value is -3.37. The molecule has 3 aliphatic heterocycles. The van der Waals surface area contributed by atoms with Gasteiger partial charge in [0.25, 0.3) is 5.56 Å². The number of ether oxygens (including phenoxy) is 1. The lowest BCUT2D eigenvalue weighted by atomic mass is 10.0. The number of nitrogens with zero attached hydrogens (tertiary/aromatic N) is 2. The number of anilines is 2. The minimum absolute atomic E-state index is 0.0558. The van der Waals surface area contributed by atoms with Crippen LogP contribution in [0.5, 0.6) is 0 Å². The molecule has 0 radical (unpaired) electrons. The second-order valence-electron chi connectivity index (χ2n) is 9.39. The fourth-order valence-electron chi connectivity index (χ4n) is 5.43. The summed E-state index contributed by atoms with van der Waals surface area (Å²) in [6.07, 6.45) is 0.693. The smallest absolute Gasteiger partial charge is 0.414 e. The number of benzene rings is 2. The number of amides is 2. The average Bonchev–Trinajstić information content (AvgIpc) is 3.38. The Kier molecular flexibility index (Phi) is 5.72. The summed E-state index contributed by atoms with van der Waals surface area (Å²) in [5.41, 5.74) is 2.46. The lowest BCUT2D eigenvalue weighted by Gasteiger charge is -2.20. The predicted molar refractivity (Wildman–Crippen MR) is 136 cm³/mol. The van der Waals surface area contributed by atoms with Crippen molar-refractivity contribution in [2.45, 2.75) is 42.8 Å². The number of hydrogen-bond donors (Lipinski definition) is 2. The first kappa shape index (κ1) is 23.1. The largest absolute Gasteiger partial charge is 0.444 e. The van der Waals surface area contributed by atoms with Crippen molar-refractivity contribution in [3.63, 3.8) is 0 Å². The third-order valence-electron chi connectivity index (χ3n) is 7.13. The molecule has 1 aromatic heterocycles. The van der Waals surface area contributed by atoms with Crippen molar-refractivity contribution >= 4 is 46.0 Å². The number of carbonyl (C=O) groups excluding carboxylic acids is 2. The van der Waals surface area contributed by atoms with E-state index >= 15 is 0 Å². The average molecular weight is 509 g/mol. The normalized spacial score (nSPS) is 22.6. The highest BCUT2D eigenvalue weighted by molar-refractivity contribution is 8.00. The maximum Gasteiger partial charge on any atom is 0.414 e. The first-order valence-electron chi connectivity index (χ1n) is 12.0. The van der Waals surface area contributed by atoms with E-state index in [2.05, 4.69) is 10.6 Å². The summed E-state index contributed by atoms with van der Waals surface area (Å²) in [6, 6.07) is 11.5. The third-order valence-corrected chi connectivity index (χ3v) is 8.20. The first-order chi connectivity index (χ1) is 17.4. The van der Waals surface area contributed by atoms with Crippen molar-refractivity contribution in [2.24, 2.45) is 0 Å². The summed E-state index contributed by atoms with van der Waals surface area (Å²) in [7, 11) is 0. The lowest BCUT2D eigenvalue weighted by molar-refractivity contribution is -0.113. The van der Waals surface area contributed by atoms with Crippen molar-refractivity contribution in [3.05, 3.63) is 64.2 Å². The molecule has 1 saturated heterocycles. The first-order valence-corrected chi connectivity index (χ1v) is 13.0. The van der Waals surface area contributed by atoms with Crippen LogP contribution in [0.3, 0.4) is 0 Å². The summed E-state index contributed by atoms with van der Waals surface area (Å²) >= 11 is 1.47. The van der Waals surface area contributed by atoms with Crippen LogP contribution in [-0.2, 0) is 9.53 Å². The molecular formula is C26H25FN4O4S. The van der Waals surface area contributed by atoms with Gasteiger partial charge < -0.3 is 19.9 Å². The van der Waals surface area contributed by atoms with E-state index in [0.717, 1.165) is 10.3 Å². The van der Waals surface area contributed by atoms with Gasteiger partial charge in [0.15, 0.2) is 0 Å². The van der Waals surface area contributed by atoms with Crippen LogP contribution in [0, 0.1) is 5.82 Å². The standard InChI is InChI=1S/C26H25FN4O4S/c1-14-24(23-18(27)7-4-15-5-9-22(33)31(14)25(15)23)28-10-2-3-17-12-30(26(34)35-17)16-6-8-20-19(11-16)29-21(32)13-36-20/h4-9,11,14,17,24,28H,2-3,10,12-13H2,1H3,(H,29,32)/t14-,17-,24-/m0/s1. The Bertz CT molecular complexity index is 1460. The van der Waals surface area contributed by atoms with E-state index < -0.39 is 6.09 Å². The number of halogens is 1. The summed E-state index contributed by atoms with van der Waals surface area (Å²) in [5.74, 6) is 0.0155. The van der Waals surface area contributed by atoms with Gasteiger partial charge in [-0.1, -0.05) is 0 Å². The quantitative estimate of drug-likeness (QED) is 0.485. The van der Waals surface area contributed by atoms with Gasteiger partial charge in [0.1, 0.15) is 11.9 Å². The SMILES string of the molecule is C[C@H]1[C@H](NCCC[C@H]2CN(c3ccc4c(c3)NC(=O)CS4)C(=O)O2)c2c(F)ccc3ccc(=O)n1c23. The molecule has 2 amide bonds. The van der Waals surface area contributed by atoms with Crippen LogP contribution in [0.25, 0.3) is 10.9 Å². The molecule has 36 heavy (non-hydrogen) atoms. The van der Waals surface area contributed by atoms with Gasteiger partial charge in [0.2, 0.25) is 5.91 Å². The Morgan fingerprint density at radius 1 is 1.17 bits per heavy atom. The zero-order chi connectivity index (χ0) is 25.0. The fraction of sp³-hybridized carbons (Fsp3) is 0.346. The minimum atomic E-state index is -0.407. The van der Waals surface area contributed by atoms with Gasteiger partial charge in [-0.3, -0.25) is 14.5 Å². The number of cyclic esters (lactones) is 1. The number of hydrogen-bond acceptors (Lipinski definition) is 6. The van der Waals surface area contributed by atoms with Gasteiger partial charge in [-0.05, 0) is 68.1 Å². The van der Waals surface area contributed by atoms with E-state index in [1.807, 2.05) is 19.1 Å². The molecule has 6 rings (SSSR count). The molecule has 10 heteroatoms. The lowest BCUT2D eigenvalue weighted by Crippen LogP contribution is -2.30. The van der Waals surface area contributed by atoms with Gasteiger partial charge in [0, 0.05) is 22.2 Å². The van der Waals surface area contributed by atoms with E-state index in [0.29, 0.717) is 54.1 Å². The molecule has 186 valence electrons.